The lowest BCUT2D eigenvalue weighted by Gasteiger charge is -2.14. The Hall–Kier alpha value is -2.80. The Morgan fingerprint density at radius 3 is 2.27 bits per heavy atom. The fourth-order valence-corrected chi connectivity index (χ4v) is 2.90. The highest BCUT2D eigenvalue weighted by molar-refractivity contribution is 9.10. The predicted molar refractivity (Wildman–Crippen MR) is 105 cm³/mol. The van der Waals surface area contributed by atoms with E-state index < -0.39 is 0 Å². The fraction of sp³-hybridized carbons (Fsp3) is 0.158. The van der Waals surface area contributed by atoms with Crippen LogP contribution in [0.5, 0.6) is 17.2 Å². The summed E-state index contributed by atoms with van der Waals surface area (Å²) in [6, 6.07) is 13.3. The van der Waals surface area contributed by atoms with E-state index in [1.165, 1.54) is 0 Å². The van der Waals surface area contributed by atoms with Crippen LogP contribution in [0.3, 0.4) is 0 Å². The first kappa shape index (κ1) is 18.0. The summed E-state index contributed by atoms with van der Waals surface area (Å²) in [6.07, 6.45) is 1.70. The zero-order chi connectivity index (χ0) is 18.5. The van der Waals surface area contributed by atoms with Crippen LogP contribution in [-0.2, 0) is 0 Å². The van der Waals surface area contributed by atoms with Crippen molar-refractivity contribution in [1.29, 1.82) is 0 Å². The molecule has 0 radical (unpaired) electrons. The molecule has 0 aliphatic heterocycles. The first-order valence-electron chi connectivity index (χ1n) is 7.80. The summed E-state index contributed by atoms with van der Waals surface area (Å²) < 4.78 is 17.2. The van der Waals surface area contributed by atoms with Crippen LogP contribution in [0.25, 0.3) is 11.3 Å². The molecule has 0 unspecified atom stereocenters. The molecule has 0 atom stereocenters. The minimum atomic E-state index is 0.495. The minimum absolute atomic E-state index is 0.495. The molecule has 6 nitrogen and oxygen atoms in total. The topological polar surface area (TPSA) is 65.5 Å². The van der Waals surface area contributed by atoms with Crippen molar-refractivity contribution in [2.45, 2.75) is 0 Å². The number of nitrogens with one attached hydrogen (secondary N) is 1. The number of methoxy groups -OCH3 is 3. The summed E-state index contributed by atoms with van der Waals surface area (Å²) in [6.45, 7) is 0. The molecule has 2 aromatic carbocycles. The molecule has 1 aromatic heterocycles. The van der Waals surface area contributed by atoms with Crippen molar-refractivity contribution in [3.63, 3.8) is 0 Å². The van der Waals surface area contributed by atoms with Crippen LogP contribution in [0.4, 0.5) is 11.6 Å². The lowest BCUT2D eigenvalue weighted by Crippen LogP contribution is -1.99. The van der Waals surface area contributed by atoms with Crippen molar-refractivity contribution >= 4 is 27.6 Å². The summed E-state index contributed by atoms with van der Waals surface area (Å²) in [4.78, 5) is 8.87. The van der Waals surface area contributed by atoms with Crippen molar-refractivity contribution in [3.8, 4) is 28.5 Å². The number of aromatic nitrogens is 2. The molecule has 0 saturated carbocycles. The van der Waals surface area contributed by atoms with Gasteiger partial charge < -0.3 is 19.5 Å². The van der Waals surface area contributed by atoms with Gasteiger partial charge in [-0.1, -0.05) is 22.0 Å². The Balaban J connectivity index is 1.97. The molecule has 134 valence electrons. The van der Waals surface area contributed by atoms with Crippen LogP contribution in [0.2, 0.25) is 0 Å². The van der Waals surface area contributed by atoms with E-state index in [0.29, 0.717) is 23.2 Å². The van der Waals surface area contributed by atoms with Crippen molar-refractivity contribution < 1.29 is 14.2 Å². The number of rotatable bonds is 6. The normalized spacial score (nSPS) is 10.3. The van der Waals surface area contributed by atoms with E-state index in [9.17, 15) is 0 Å². The van der Waals surface area contributed by atoms with Crippen LogP contribution in [0.15, 0.2) is 53.1 Å². The third-order valence-electron chi connectivity index (χ3n) is 3.70. The average molecular weight is 416 g/mol. The van der Waals surface area contributed by atoms with Crippen molar-refractivity contribution in [3.05, 3.63) is 53.1 Å². The summed E-state index contributed by atoms with van der Waals surface area (Å²) in [5, 5.41) is 3.20. The second-order valence-electron chi connectivity index (χ2n) is 5.31. The second kappa shape index (κ2) is 8.05. The minimum Gasteiger partial charge on any atom is -0.493 e. The van der Waals surface area contributed by atoms with E-state index in [1.807, 2.05) is 42.5 Å². The number of ether oxygens (including phenoxy) is 3. The standard InChI is InChI=1S/C19H18BrN3O3/c1-24-16-9-12(10-17(25-2)18(16)26-3)15-7-8-21-19(23-15)22-14-6-4-5-13(20)11-14/h4-11H,1-3H3,(H,21,22,23). The summed E-state index contributed by atoms with van der Waals surface area (Å²) >= 11 is 3.45. The van der Waals surface area contributed by atoms with Gasteiger partial charge in [-0.25, -0.2) is 9.97 Å². The van der Waals surface area contributed by atoms with Gasteiger partial charge in [0.25, 0.3) is 0 Å². The third kappa shape index (κ3) is 3.88. The summed E-state index contributed by atoms with van der Waals surface area (Å²) in [7, 11) is 4.74. The van der Waals surface area contributed by atoms with Gasteiger partial charge in [-0.15, -0.1) is 0 Å². The van der Waals surface area contributed by atoms with Crippen LogP contribution >= 0.6 is 15.9 Å². The fourth-order valence-electron chi connectivity index (χ4n) is 2.50. The lowest BCUT2D eigenvalue weighted by atomic mass is 10.1. The monoisotopic (exact) mass is 415 g/mol. The molecule has 0 bridgehead atoms. The van der Waals surface area contributed by atoms with Crippen LogP contribution in [0, 0.1) is 0 Å². The molecule has 0 aliphatic rings. The van der Waals surface area contributed by atoms with Crippen LogP contribution < -0.4 is 19.5 Å². The Kier molecular flexibility index (Phi) is 5.58. The average Bonchev–Trinajstić information content (AvgIpc) is 2.67. The highest BCUT2D eigenvalue weighted by atomic mass is 79.9. The van der Waals surface area contributed by atoms with Gasteiger partial charge in [-0.2, -0.15) is 0 Å². The van der Waals surface area contributed by atoms with Crippen LogP contribution in [-0.4, -0.2) is 31.3 Å². The molecule has 0 saturated heterocycles. The maximum absolute atomic E-state index is 5.41. The van der Waals surface area contributed by atoms with Gasteiger partial charge in [0.2, 0.25) is 11.7 Å². The Bertz CT molecular complexity index is 893. The maximum Gasteiger partial charge on any atom is 0.227 e. The van der Waals surface area contributed by atoms with Gasteiger partial charge in [0, 0.05) is 21.9 Å². The van der Waals surface area contributed by atoms with E-state index >= 15 is 0 Å². The van der Waals surface area contributed by atoms with Crippen molar-refractivity contribution in [2.24, 2.45) is 0 Å². The molecular formula is C19H18BrN3O3. The van der Waals surface area contributed by atoms with Gasteiger partial charge in [-0.3, -0.25) is 0 Å². The molecule has 0 spiro atoms. The van der Waals surface area contributed by atoms with E-state index in [0.717, 1.165) is 21.4 Å². The predicted octanol–water partition coefficient (Wildman–Crippen LogP) is 4.68. The van der Waals surface area contributed by atoms with Crippen molar-refractivity contribution in [2.75, 3.05) is 26.6 Å². The summed E-state index contributed by atoms with van der Waals surface area (Å²) in [5.74, 6) is 2.18. The van der Waals surface area contributed by atoms with Gasteiger partial charge in [0.15, 0.2) is 11.5 Å². The van der Waals surface area contributed by atoms with Gasteiger partial charge in [0.1, 0.15) is 0 Å². The first-order valence-corrected chi connectivity index (χ1v) is 8.60. The highest BCUT2D eigenvalue weighted by Crippen LogP contribution is 2.40. The third-order valence-corrected chi connectivity index (χ3v) is 4.19. The van der Waals surface area contributed by atoms with Gasteiger partial charge in [-0.05, 0) is 36.4 Å². The number of halogens is 1. The molecule has 7 heteroatoms. The largest absolute Gasteiger partial charge is 0.493 e. The molecule has 1 heterocycles. The molecule has 0 amide bonds. The Morgan fingerprint density at radius 2 is 1.65 bits per heavy atom. The van der Waals surface area contributed by atoms with Gasteiger partial charge in [0.05, 0.1) is 27.0 Å². The summed E-state index contributed by atoms with van der Waals surface area (Å²) in [5.41, 5.74) is 2.46. The van der Waals surface area contributed by atoms with E-state index in [1.54, 1.807) is 27.5 Å². The van der Waals surface area contributed by atoms with Crippen LogP contribution in [0.1, 0.15) is 0 Å². The van der Waals surface area contributed by atoms with E-state index in [2.05, 4.69) is 31.2 Å². The van der Waals surface area contributed by atoms with Gasteiger partial charge >= 0.3 is 0 Å². The second-order valence-corrected chi connectivity index (χ2v) is 6.23. The molecule has 26 heavy (non-hydrogen) atoms. The molecule has 1 N–H and O–H groups in total. The molecule has 0 aliphatic carbocycles. The quantitative estimate of drug-likeness (QED) is 0.630. The van der Waals surface area contributed by atoms with E-state index in [4.69, 9.17) is 14.2 Å². The number of nitrogens with zero attached hydrogens (tertiary/aromatic N) is 2. The highest BCUT2D eigenvalue weighted by Gasteiger charge is 2.15. The number of hydrogen-bond acceptors (Lipinski definition) is 6. The molecule has 3 rings (SSSR count). The maximum atomic E-state index is 5.41. The molecule has 0 fully saturated rings. The zero-order valence-electron chi connectivity index (χ0n) is 14.6. The number of benzene rings is 2. The first-order chi connectivity index (χ1) is 12.6. The SMILES string of the molecule is COc1cc(-c2ccnc(Nc3cccc(Br)c3)n2)cc(OC)c1OC. The zero-order valence-corrected chi connectivity index (χ0v) is 16.2. The molecule has 3 aromatic rings. The number of anilines is 2. The Labute approximate surface area is 160 Å². The smallest absolute Gasteiger partial charge is 0.227 e. The van der Waals surface area contributed by atoms with E-state index in [-0.39, 0.29) is 0 Å². The van der Waals surface area contributed by atoms with Crippen molar-refractivity contribution in [1.82, 2.24) is 9.97 Å². The number of hydrogen-bond donors (Lipinski definition) is 1. The molecular weight excluding hydrogens is 398 g/mol. The Morgan fingerprint density at radius 1 is 0.923 bits per heavy atom. The lowest BCUT2D eigenvalue weighted by molar-refractivity contribution is 0.324.